The molecule has 2 N–H and O–H groups in total. The Morgan fingerprint density at radius 3 is 2.56 bits per heavy atom. The summed E-state index contributed by atoms with van der Waals surface area (Å²) in [4.78, 5) is 14.1. The molecule has 2 aromatic rings. The molecule has 1 saturated heterocycles. The summed E-state index contributed by atoms with van der Waals surface area (Å²) in [6.45, 7) is 2.90. The van der Waals surface area contributed by atoms with Crippen molar-refractivity contribution in [2.45, 2.75) is 31.8 Å². The van der Waals surface area contributed by atoms with E-state index >= 15 is 0 Å². The maximum absolute atomic E-state index is 13.8. The lowest BCUT2D eigenvalue weighted by Crippen LogP contribution is -2.30. The smallest absolute Gasteiger partial charge is 0.317 e. The van der Waals surface area contributed by atoms with Crippen LogP contribution in [0.4, 0.5) is 14.9 Å². The molecule has 0 saturated carbocycles. The first-order valence-corrected chi connectivity index (χ1v) is 8.83. The maximum Gasteiger partial charge on any atom is 0.322 e. The predicted octanol–water partition coefficient (Wildman–Crippen LogP) is 3.84. The van der Waals surface area contributed by atoms with Crippen LogP contribution in [0.1, 0.15) is 35.4 Å². The van der Waals surface area contributed by atoms with Gasteiger partial charge in [-0.15, -0.1) is 0 Å². The number of benzene rings is 2. The first-order chi connectivity index (χ1) is 12.2. The molecule has 25 heavy (non-hydrogen) atoms. The number of nitrogens with one attached hydrogen (secondary N) is 2. The van der Waals surface area contributed by atoms with E-state index in [1.807, 2.05) is 18.2 Å². The second-order valence-electron chi connectivity index (χ2n) is 6.81. The molecule has 0 aromatic heterocycles. The van der Waals surface area contributed by atoms with Gasteiger partial charge in [-0.3, -0.25) is 0 Å². The summed E-state index contributed by atoms with van der Waals surface area (Å²) in [5.74, 6) is 0.362. The fourth-order valence-corrected chi connectivity index (χ4v) is 3.72. The number of anilines is 1. The Morgan fingerprint density at radius 2 is 1.84 bits per heavy atom. The van der Waals surface area contributed by atoms with Crippen LogP contribution in [0.3, 0.4) is 0 Å². The summed E-state index contributed by atoms with van der Waals surface area (Å²) in [5, 5.41) is 6.30. The molecule has 2 aliphatic rings. The molecule has 5 heteroatoms. The summed E-state index contributed by atoms with van der Waals surface area (Å²) in [6.07, 6.45) is 2.31. The Hall–Kier alpha value is -2.40. The standard InChI is InChI=1S/C20H22FN3O/c21-19-3-1-2-16-12-24(13-18(16)19)20(25)23-17-6-4-14(5-7-17)15-8-10-22-11-9-15/h1-7,15,22H,8-13H2,(H,23,25). The quantitative estimate of drug-likeness (QED) is 0.873. The van der Waals surface area contributed by atoms with Crippen molar-refractivity contribution in [2.75, 3.05) is 18.4 Å². The SMILES string of the molecule is O=C(Nc1ccc(C2CCNCC2)cc1)N1Cc2cccc(F)c2C1. The van der Waals surface area contributed by atoms with E-state index in [1.54, 1.807) is 11.0 Å². The van der Waals surface area contributed by atoms with E-state index in [1.165, 1.54) is 11.6 Å². The number of urea groups is 1. The van der Waals surface area contributed by atoms with Crippen molar-refractivity contribution >= 4 is 11.7 Å². The van der Waals surface area contributed by atoms with E-state index in [9.17, 15) is 9.18 Å². The zero-order chi connectivity index (χ0) is 17.2. The molecule has 0 unspecified atom stereocenters. The van der Waals surface area contributed by atoms with Crippen LogP contribution in [-0.2, 0) is 13.1 Å². The Labute approximate surface area is 147 Å². The van der Waals surface area contributed by atoms with E-state index in [0.29, 0.717) is 24.6 Å². The molecule has 2 aromatic carbocycles. The zero-order valence-electron chi connectivity index (χ0n) is 14.1. The molecule has 2 amide bonds. The molecule has 4 rings (SSSR count). The van der Waals surface area contributed by atoms with Crippen LogP contribution in [0, 0.1) is 5.82 Å². The number of carbonyl (C=O) groups is 1. The highest BCUT2D eigenvalue weighted by Gasteiger charge is 2.25. The van der Waals surface area contributed by atoms with Crippen molar-refractivity contribution in [3.63, 3.8) is 0 Å². The lowest BCUT2D eigenvalue weighted by molar-refractivity contribution is 0.212. The second kappa shape index (κ2) is 6.84. The number of rotatable bonds is 2. The van der Waals surface area contributed by atoms with Crippen LogP contribution in [0.5, 0.6) is 0 Å². The Kier molecular flexibility index (Phi) is 4.40. The average Bonchev–Trinajstić information content (AvgIpc) is 3.09. The van der Waals surface area contributed by atoms with E-state index in [0.717, 1.165) is 37.2 Å². The van der Waals surface area contributed by atoms with Gasteiger partial charge in [0.15, 0.2) is 0 Å². The van der Waals surface area contributed by atoms with Crippen molar-refractivity contribution in [2.24, 2.45) is 0 Å². The maximum atomic E-state index is 13.8. The Balaban J connectivity index is 1.39. The fraction of sp³-hybridized carbons (Fsp3) is 0.350. The lowest BCUT2D eigenvalue weighted by atomic mass is 9.90. The number of nitrogens with zero attached hydrogens (tertiary/aromatic N) is 1. The van der Waals surface area contributed by atoms with Crippen LogP contribution in [0.25, 0.3) is 0 Å². The molecule has 0 atom stereocenters. The molecule has 2 aliphatic heterocycles. The molecular formula is C20H22FN3O. The van der Waals surface area contributed by atoms with Gasteiger partial charge >= 0.3 is 6.03 Å². The van der Waals surface area contributed by atoms with Gasteiger partial charge in [0.25, 0.3) is 0 Å². The lowest BCUT2D eigenvalue weighted by Gasteiger charge is -2.23. The normalized spacial score (nSPS) is 17.4. The number of halogens is 1. The van der Waals surface area contributed by atoms with Gasteiger partial charge in [-0.1, -0.05) is 24.3 Å². The highest BCUT2D eigenvalue weighted by molar-refractivity contribution is 5.89. The van der Waals surface area contributed by atoms with Gasteiger partial charge in [0.05, 0.1) is 6.54 Å². The molecular weight excluding hydrogens is 317 g/mol. The van der Waals surface area contributed by atoms with Gasteiger partial charge in [-0.25, -0.2) is 9.18 Å². The minimum Gasteiger partial charge on any atom is -0.317 e. The summed E-state index contributed by atoms with van der Waals surface area (Å²) < 4.78 is 13.8. The third-order valence-corrected chi connectivity index (χ3v) is 5.19. The minimum absolute atomic E-state index is 0.190. The molecule has 0 spiro atoms. The Bertz CT molecular complexity index is 769. The van der Waals surface area contributed by atoms with Gasteiger partial charge in [0.1, 0.15) is 5.82 Å². The molecule has 2 heterocycles. The molecule has 130 valence electrons. The van der Waals surface area contributed by atoms with E-state index in [4.69, 9.17) is 0 Å². The zero-order valence-corrected chi connectivity index (χ0v) is 14.1. The van der Waals surface area contributed by atoms with E-state index < -0.39 is 0 Å². The largest absolute Gasteiger partial charge is 0.322 e. The highest BCUT2D eigenvalue weighted by Crippen LogP contribution is 2.28. The summed E-state index contributed by atoms with van der Waals surface area (Å²) in [5.41, 5.74) is 3.62. The van der Waals surface area contributed by atoms with Crippen molar-refractivity contribution < 1.29 is 9.18 Å². The van der Waals surface area contributed by atoms with Gasteiger partial charge in [-0.05, 0) is 61.2 Å². The Morgan fingerprint density at radius 1 is 1.08 bits per heavy atom. The number of fused-ring (bicyclic) bond motifs is 1. The third-order valence-electron chi connectivity index (χ3n) is 5.19. The highest BCUT2D eigenvalue weighted by atomic mass is 19.1. The van der Waals surface area contributed by atoms with Crippen LogP contribution >= 0.6 is 0 Å². The van der Waals surface area contributed by atoms with Gasteiger partial charge in [0, 0.05) is 17.8 Å². The first kappa shape index (κ1) is 16.1. The molecule has 0 radical (unpaired) electrons. The topological polar surface area (TPSA) is 44.4 Å². The summed E-state index contributed by atoms with van der Waals surface area (Å²) in [6, 6.07) is 12.9. The summed E-state index contributed by atoms with van der Waals surface area (Å²) >= 11 is 0. The van der Waals surface area contributed by atoms with Gasteiger partial charge < -0.3 is 15.5 Å². The monoisotopic (exact) mass is 339 g/mol. The molecule has 1 fully saturated rings. The average molecular weight is 339 g/mol. The van der Waals surface area contributed by atoms with Crippen molar-refractivity contribution in [3.8, 4) is 0 Å². The van der Waals surface area contributed by atoms with Crippen LogP contribution < -0.4 is 10.6 Å². The van der Waals surface area contributed by atoms with Crippen LogP contribution in [0.2, 0.25) is 0 Å². The number of amides is 2. The predicted molar refractivity (Wildman–Crippen MR) is 96.0 cm³/mol. The van der Waals surface area contributed by atoms with Crippen LogP contribution in [-0.4, -0.2) is 24.0 Å². The third kappa shape index (κ3) is 3.37. The molecule has 0 bridgehead atoms. The minimum atomic E-state index is -0.237. The van der Waals surface area contributed by atoms with E-state index in [2.05, 4.69) is 22.8 Å². The van der Waals surface area contributed by atoms with Crippen LogP contribution in [0.15, 0.2) is 42.5 Å². The van der Waals surface area contributed by atoms with Crippen molar-refractivity contribution in [1.82, 2.24) is 10.2 Å². The van der Waals surface area contributed by atoms with Gasteiger partial charge in [0.2, 0.25) is 0 Å². The second-order valence-corrected chi connectivity index (χ2v) is 6.81. The first-order valence-electron chi connectivity index (χ1n) is 8.83. The molecule has 4 nitrogen and oxygen atoms in total. The van der Waals surface area contributed by atoms with Crippen molar-refractivity contribution in [3.05, 3.63) is 65.0 Å². The number of hydrogen-bond donors (Lipinski definition) is 2. The fourth-order valence-electron chi connectivity index (χ4n) is 3.72. The molecule has 0 aliphatic carbocycles. The number of carbonyl (C=O) groups excluding carboxylic acids is 1. The van der Waals surface area contributed by atoms with Gasteiger partial charge in [-0.2, -0.15) is 0 Å². The number of hydrogen-bond acceptors (Lipinski definition) is 2. The summed E-state index contributed by atoms with van der Waals surface area (Å²) in [7, 11) is 0. The number of piperidine rings is 1. The van der Waals surface area contributed by atoms with E-state index in [-0.39, 0.29) is 11.8 Å². The van der Waals surface area contributed by atoms with Crippen molar-refractivity contribution in [1.29, 1.82) is 0 Å².